The minimum atomic E-state index is -0.197. The number of amides is 1. The SMILES string of the molecule is Cc1cc(C)cc(-n2c(C)cc(/C=N\NC(=O)CSc3ncccn3)c2C)c1. The van der Waals surface area contributed by atoms with Crippen molar-refractivity contribution in [2.24, 2.45) is 5.10 Å². The molecule has 0 unspecified atom stereocenters. The molecule has 3 rings (SSSR count). The highest BCUT2D eigenvalue weighted by Crippen LogP contribution is 2.21. The first-order chi connectivity index (χ1) is 13.4. The number of hydrogen-bond acceptors (Lipinski definition) is 5. The zero-order valence-corrected chi connectivity index (χ0v) is 17.2. The Bertz CT molecular complexity index is 991. The summed E-state index contributed by atoms with van der Waals surface area (Å²) in [5.41, 5.74) is 9.31. The Morgan fingerprint density at radius 1 is 1.11 bits per heavy atom. The number of hydrazone groups is 1. The quantitative estimate of drug-likeness (QED) is 0.300. The molecule has 0 aliphatic heterocycles. The Morgan fingerprint density at radius 3 is 2.46 bits per heavy atom. The van der Waals surface area contributed by atoms with Gasteiger partial charge in [0.2, 0.25) is 0 Å². The van der Waals surface area contributed by atoms with Gasteiger partial charge in [-0.05, 0) is 63.1 Å². The molecule has 2 aromatic heterocycles. The summed E-state index contributed by atoms with van der Waals surface area (Å²) < 4.78 is 2.20. The Kier molecular flexibility index (Phi) is 6.26. The summed E-state index contributed by atoms with van der Waals surface area (Å²) in [6.45, 7) is 8.32. The lowest BCUT2D eigenvalue weighted by atomic mass is 10.1. The van der Waals surface area contributed by atoms with E-state index >= 15 is 0 Å². The molecule has 0 aliphatic rings. The molecule has 0 saturated carbocycles. The number of aryl methyl sites for hydroxylation is 3. The van der Waals surface area contributed by atoms with Gasteiger partial charge in [0.05, 0.1) is 12.0 Å². The average Bonchev–Trinajstić information content (AvgIpc) is 2.93. The van der Waals surface area contributed by atoms with E-state index in [1.54, 1.807) is 24.7 Å². The van der Waals surface area contributed by atoms with Crippen LogP contribution in [0.1, 0.15) is 28.1 Å². The van der Waals surface area contributed by atoms with E-state index in [-0.39, 0.29) is 11.7 Å². The maximum atomic E-state index is 12.0. The molecule has 0 bridgehead atoms. The number of carbonyl (C=O) groups is 1. The molecule has 0 radical (unpaired) electrons. The second kappa shape index (κ2) is 8.84. The fourth-order valence-electron chi connectivity index (χ4n) is 3.09. The fourth-order valence-corrected chi connectivity index (χ4v) is 3.69. The van der Waals surface area contributed by atoms with Crippen molar-refractivity contribution in [1.29, 1.82) is 0 Å². The van der Waals surface area contributed by atoms with Crippen molar-refractivity contribution in [3.8, 4) is 5.69 Å². The van der Waals surface area contributed by atoms with E-state index in [9.17, 15) is 4.79 Å². The molecule has 0 aliphatic carbocycles. The predicted octanol–water partition coefficient (Wildman–Crippen LogP) is 3.74. The molecule has 144 valence electrons. The van der Waals surface area contributed by atoms with Crippen LogP contribution in [-0.4, -0.2) is 32.4 Å². The monoisotopic (exact) mass is 393 g/mol. The zero-order chi connectivity index (χ0) is 20.1. The van der Waals surface area contributed by atoms with Gasteiger partial charge in [-0.2, -0.15) is 5.10 Å². The van der Waals surface area contributed by atoms with Gasteiger partial charge in [0.25, 0.3) is 5.91 Å². The first-order valence-corrected chi connectivity index (χ1v) is 9.92. The summed E-state index contributed by atoms with van der Waals surface area (Å²) in [5, 5.41) is 4.67. The number of thioether (sulfide) groups is 1. The molecule has 1 N–H and O–H groups in total. The minimum Gasteiger partial charge on any atom is -0.318 e. The van der Waals surface area contributed by atoms with Crippen LogP contribution >= 0.6 is 11.8 Å². The van der Waals surface area contributed by atoms with E-state index < -0.39 is 0 Å². The third kappa shape index (κ3) is 4.86. The Morgan fingerprint density at radius 2 is 1.79 bits per heavy atom. The predicted molar refractivity (Wildman–Crippen MR) is 113 cm³/mol. The lowest BCUT2D eigenvalue weighted by molar-refractivity contribution is -0.118. The van der Waals surface area contributed by atoms with Crippen molar-refractivity contribution in [2.75, 3.05) is 5.75 Å². The summed E-state index contributed by atoms with van der Waals surface area (Å²) in [5.74, 6) is 0.0139. The molecule has 0 spiro atoms. The molecule has 7 heteroatoms. The second-order valence-electron chi connectivity index (χ2n) is 6.62. The highest BCUT2D eigenvalue weighted by atomic mass is 32.2. The van der Waals surface area contributed by atoms with Gasteiger partial charge in [-0.25, -0.2) is 15.4 Å². The van der Waals surface area contributed by atoms with Crippen molar-refractivity contribution >= 4 is 23.9 Å². The molecule has 1 aromatic carbocycles. The normalized spacial score (nSPS) is 11.1. The average molecular weight is 394 g/mol. The summed E-state index contributed by atoms with van der Waals surface area (Å²) in [6, 6.07) is 10.3. The van der Waals surface area contributed by atoms with Crippen LogP contribution in [0.15, 0.2) is 53.0 Å². The van der Waals surface area contributed by atoms with E-state index in [1.807, 2.05) is 0 Å². The van der Waals surface area contributed by atoms with Gasteiger partial charge in [0.1, 0.15) is 0 Å². The summed E-state index contributed by atoms with van der Waals surface area (Å²) >= 11 is 1.27. The Labute approximate surface area is 169 Å². The third-order valence-electron chi connectivity index (χ3n) is 4.20. The van der Waals surface area contributed by atoms with Gasteiger partial charge in [0.15, 0.2) is 5.16 Å². The summed E-state index contributed by atoms with van der Waals surface area (Å²) in [6.07, 6.45) is 4.98. The fraction of sp³-hybridized carbons (Fsp3) is 0.238. The van der Waals surface area contributed by atoms with Crippen LogP contribution in [0.3, 0.4) is 0 Å². The van der Waals surface area contributed by atoms with Crippen molar-refractivity contribution in [3.63, 3.8) is 0 Å². The standard InChI is InChI=1S/C21H23N5OS/c1-14-8-15(2)10-19(9-14)26-16(3)11-18(17(26)4)12-24-25-20(27)13-28-21-22-6-5-7-23-21/h5-12H,13H2,1-4H3,(H,25,27)/b24-12-. The molecule has 0 saturated heterocycles. The van der Waals surface area contributed by atoms with Gasteiger partial charge in [-0.15, -0.1) is 0 Å². The van der Waals surface area contributed by atoms with E-state index in [4.69, 9.17) is 0 Å². The molecule has 28 heavy (non-hydrogen) atoms. The van der Waals surface area contributed by atoms with E-state index in [2.05, 4.69) is 77.0 Å². The van der Waals surface area contributed by atoms with Crippen LogP contribution < -0.4 is 5.43 Å². The van der Waals surface area contributed by atoms with Gasteiger partial charge < -0.3 is 4.57 Å². The van der Waals surface area contributed by atoms with E-state index in [0.29, 0.717) is 5.16 Å². The summed E-state index contributed by atoms with van der Waals surface area (Å²) in [7, 11) is 0. The van der Waals surface area contributed by atoms with Gasteiger partial charge in [0, 0.05) is 35.0 Å². The molecule has 3 aromatic rings. The van der Waals surface area contributed by atoms with Crippen LogP contribution in [0.5, 0.6) is 0 Å². The lowest BCUT2D eigenvalue weighted by Gasteiger charge is -2.11. The number of carbonyl (C=O) groups excluding carboxylic acids is 1. The first kappa shape index (κ1) is 19.8. The highest BCUT2D eigenvalue weighted by Gasteiger charge is 2.10. The summed E-state index contributed by atoms with van der Waals surface area (Å²) in [4.78, 5) is 20.1. The first-order valence-electron chi connectivity index (χ1n) is 8.93. The molecule has 2 heterocycles. The molecule has 6 nitrogen and oxygen atoms in total. The van der Waals surface area contributed by atoms with E-state index in [1.165, 1.54) is 22.9 Å². The van der Waals surface area contributed by atoms with Gasteiger partial charge in [-0.1, -0.05) is 17.8 Å². The van der Waals surface area contributed by atoms with Crippen LogP contribution in [0.4, 0.5) is 0 Å². The molecule has 0 atom stereocenters. The van der Waals surface area contributed by atoms with Crippen molar-refractivity contribution in [2.45, 2.75) is 32.9 Å². The topological polar surface area (TPSA) is 72.2 Å². The third-order valence-corrected chi connectivity index (χ3v) is 5.08. The molecule has 0 fully saturated rings. The number of hydrogen-bond donors (Lipinski definition) is 1. The van der Waals surface area contributed by atoms with Crippen LogP contribution in [0.2, 0.25) is 0 Å². The van der Waals surface area contributed by atoms with Crippen LogP contribution in [-0.2, 0) is 4.79 Å². The Hall–Kier alpha value is -2.93. The smallest absolute Gasteiger partial charge is 0.250 e. The van der Waals surface area contributed by atoms with Gasteiger partial charge in [-0.3, -0.25) is 4.79 Å². The largest absolute Gasteiger partial charge is 0.318 e. The number of nitrogens with zero attached hydrogens (tertiary/aromatic N) is 4. The highest BCUT2D eigenvalue weighted by molar-refractivity contribution is 7.99. The van der Waals surface area contributed by atoms with Crippen molar-refractivity contribution in [1.82, 2.24) is 20.0 Å². The Balaban J connectivity index is 1.67. The number of rotatable bonds is 6. The molecular weight excluding hydrogens is 370 g/mol. The van der Waals surface area contributed by atoms with Crippen LogP contribution in [0.25, 0.3) is 5.69 Å². The van der Waals surface area contributed by atoms with Crippen molar-refractivity contribution in [3.05, 3.63) is 70.8 Å². The number of benzene rings is 1. The van der Waals surface area contributed by atoms with Crippen molar-refractivity contribution < 1.29 is 4.79 Å². The van der Waals surface area contributed by atoms with E-state index in [0.717, 1.165) is 22.6 Å². The molecular formula is C21H23N5OS. The lowest BCUT2D eigenvalue weighted by Crippen LogP contribution is -2.19. The zero-order valence-electron chi connectivity index (χ0n) is 16.4. The molecule has 1 amide bonds. The van der Waals surface area contributed by atoms with Gasteiger partial charge >= 0.3 is 0 Å². The van der Waals surface area contributed by atoms with Crippen LogP contribution in [0, 0.1) is 27.7 Å². The minimum absolute atomic E-state index is 0.197. The second-order valence-corrected chi connectivity index (χ2v) is 7.56. The maximum absolute atomic E-state index is 12.0. The maximum Gasteiger partial charge on any atom is 0.250 e. The number of aromatic nitrogens is 3. The number of nitrogens with one attached hydrogen (secondary N) is 1.